The van der Waals surface area contributed by atoms with Crippen molar-refractivity contribution < 1.29 is 9.21 Å². The van der Waals surface area contributed by atoms with Crippen LogP contribution in [0.25, 0.3) is 16.3 Å². The van der Waals surface area contributed by atoms with Crippen LogP contribution in [0.2, 0.25) is 10.0 Å². The lowest BCUT2D eigenvalue weighted by Gasteiger charge is -2.04. The van der Waals surface area contributed by atoms with E-state index in [2.05, 4.69) is 15.6 Å². The number of carbonyl (C=O) groups is 1. The molecule has 2 heterocycles. The van der Waals surface area contributed by atoms with Crippen LogP contribution in [-0.4, -0.2) is 16.0 Å². The summed E-state index contributed by atoms with van der Waals surface area (Å²) < 4.78 is 5.95. The van der Waals surface area contributed by atoms with E-state index in [0.29, 0.717) is 26.5 Å². The molecule has 0 aliphatic heterocycles. The molecule has 3 aromatic rings. The Bertz CT molecular complexity index is 936. The van der Waals surface area contributed by atoms with Crippen LogP contribution >= 0.6 is 46.8 Å². The number of thiazole rings is 1. The molecule has 1 amide bonds. The molecule has 0 saturated heterocycles. The lowest BCUT2D eigenvalue weighted by Crippen LogP contribution is -2.32. The van der Waals surface area contributed by atoms with Crippen molar-refractivity contribution in [2.75, 3.05) is 5.32 Å². The molecule has 1 aromatic carbocycles. The van der Waals surface area contributed by atoms with Gasteiger partial charge in [0.25, 0.3) is 0 Å². The molecule has 24 heavy (non-hydrogen) atoms. The van der Waals surface area contributed by atoms with Gasteiger partial charge in [-0.2, -0.15) is 0 Å². The predicted octanol–water partition coefficient (Wildman–Crippen LogP) is 4.72. The Balaban J connectivity index is 1.64. The molecule has 5 nitrogen and oxygen atoms in total. The summed E-state index contributed by atoms with van der Waals surface area (Å²) in [6, 6.07) is 6.98. The molecule has 0 radical (unpaired) electrons. The number of carbonyl (C=O) groups excluding carboxylic acids is 1. The maximum Gasteiger partial charge on any atom is 0.250 e. The van der Waals surface area contributed by atoms with Crippen molar-refractivity contribution in [3.05, 3.63) is 52.4 Å². The van der Waals surface area contributed by atoms with E-state index in [4.69, 9.17) is 39.8 Å². The van der Waals surface area contributed by atoms with Gasteiger partial charge in [-0.15, -0.1) is 0 Å². The fraction of sp³-hybridized carbons (Fsp3) is 0. The molecule has 2 N–H and O–H groups in total. The molecular weight excluding hydrogens is 389 g/mol. The van der Waals surface area contributed by atoms with Gasteiger partial charge in [0, 0.05) is 6.08 Å². The summed E-state index contributed by atoms with van der Waals surface area (Å²) in [5, 5.41) is 6.83. The second-order valence-corrected chi connectivity index (χ2v) is 6.74. The lowest BCUT2D eigenvalue weighted by atomic mass is 10.3. The molecule has 0 fully saturated rings. The smallest absolute Gasteiger partial charge is 0.250 e. The third kappa shape index (κ3) is 3.93. The highest BCUT2D eigenvalue weighted by Gasteiger charge is 2.11. The quantitative estimate of drug-likeness (QED) is 0.494. The molecule has 0 spiro atoms. The molecule has 0 bridgehead atoms. The molecule has 0 aliphatic rings. The third-order valence-corrected chi connectivity index (χ3v) is 4.79. The van der Waals surface area contributed by atoms with Gasteiger partial charge >= 0.3 is 0 Å². The van der Waals surface area contributed by atoms with Crippen LogP contribution in [0.5, 0.6) is 0 Å². The molecule has 0 aliphatic carbocycles. The van der Waals surface area contributed by atoms with Crippen LogP contribution < -0.4 is 10.6 Å². The monoisotopic (exact) mass is 397 g/mol. The van der Waals surface area contributed by atoms with Crippen molar-refractivity contribution in [2.24, 2.45) is 0 Å². The first-order chi connectivity index (χ1) is 11.5. The summed E-state index contributed by atoms with van der Waals surface area (Å²) in [5.74, 6) is 0.188. The highest BCUT2D eigenvalue weighted by Crippen LogP contribution is 2.35. The Morgan fingerprint density at radius 1 is 1.33 bits per heavy atom. The highest BCUT2D eigenvalue weighted by molar-refractivity contribution is 7.80. The van der Waals surface area contributed by atoms with E-state index in [-0.39, 0.29) is 11.0 Å². The molecule has 9 heteroatoms. The van der Waals surface area contributed by atoms with Crippen LogP contribution in [0.15, 0.2) is 41.0 Å². The summed E-state index contributed by atoms with van der Waals surface area (Å²) in [6.07, 6.45) is 4.38. The van der Waals surface area contributed by atoms with Crippen molar-refractivity contribution in [1.29, 1.82) is 0 Å². The number of hydrogen-bond acceptors (Lipinski definition) is 5. The van der Waals surface area contributed by atoms with Gasteiger partial charge in [-0.1, -0.05) is 34.5 Å². The van der Waals surface area contributed by atoms with Crippen LogP contribution in [0.3, 0.4) is 0 Å². The topological polar surface area (TPSA) is 67.2 Å². The van der Waals surface area contributed by atoms with E-state index in [1.54, 1.807) is 18.2 Å². The van der Waals surface area contributed by atoms with E-state index in [1.807, 2.05) is 6.07 Å². The summed E-state index contributed by atoms with van der Waals surface area (Å²) in [4.78, 5) is 16.1. The minimum absolute atomic E-state index is 0.130. The van der Waals surface area contributed by atoms with Gasteiger partial charge in [-0.25, -0.2) is 4.98 Å². The minimum atomic E-state index is -0.383. The zero-order valence-electron chi connectivity index (χ0n) is 11.9. The largest absolute Gasteiger partial charge is 0.465 e. The average Bonchev–Trinajstić information content (AvgIpc) is 3.18. The number of halogens is 2. The normalized spacial score (nSPS) is 11.1. The minimum Gasteiger partial charge on any atom is -0.465 e. The zero-order chi connectivity index (χ0) is 17.1. The van der Waals surface area contributed by atoms with E-state index in [1.165, 1.54) is 29.8 Å². The Morgan fingerprint density at radius 2 is 2.17 bits per heavy atom. The molecule has 122 valence electrons. The number of rotatable bonds is 3. The van der Waals surface area contributed by atoms with E-state index < -0.39 is 0 Å². The van der Waals surface area contributed by atoms with E-state index in [9.17, 15) is 4.79 Å². The number of thiocarbonyl (C=S) groups is 1. The Kier molecular flexibility index (Phi) is 5.15. The van der Waals surface area contributed by atoms with Gasteiger partial charge in [0.2, 0.25) is 5.91 Å². The summed E-state index contributed by atoms with van der Waals surface area (Å²) in [7, 11) is 0. The lowest BCUT2D eigenvalue weighted by molar-refractivity contribution is -0.115. The van der Waals surface area contributed by atoms with Crippen molar-refractivity contribution in [2.45, 2.75) is 0 Å². The number of nitrogens with zero attached hydrogens (tertiary/aromatic N) is 1. The molecular formula is C15H9Cl2N3O2S2. The predicted molar refractivity (Wildman–Crippen MR) is 102 cm³/mol. The number of aromatic nitrogens is 1. The Morgan fingerprint density at radius 3 is 2.92 bits per heavy atom. The summed E-state index contributed by atoms with van der Waals surface area (Å²) >= 11 is 18.5. The van der Waals surface area contributed by atoms with Gasteiger partial charge in [0.05, 0.1) is 21.0 Å². The fourth-order valence-electron chi connectivity index (χ4n) is 1.82. The van der Waals surface area contributed by atoms with Crippen molar-refractivity contribution in [3.63, 3.8) is 0 Å². The molecule has 0 saturated carbocycles. The van der Waals surface area contributed by atoms with Gasteiger partial charge in [-0.3, -0.25) is 10.1 Å². The van der Waals surface area contributed by atoms with Crippen LogP contribution in [0, 0.1) is 0 Å². The second kappa shape index (κ2) is 7.31. The van der Waals surface area contributed by atoms with Crippen LogP contribution in [0.4, 0.5) is 5.13 Å². The molecule has 0 atom stereocenters. The maximum absolute atomic E-state index is 11.8. The Hall–Kier alpha value is -1.93. The SMILES string of the molecule is O=C(C=Cc1ccco1)NC(=S)Nc1nc2c(Cl)c(Cl)ccc2s1. The highest BCUT2D eigenvalue weighted by atomic mass is 35.5. The number of nitrogens with one attached hydrogen (secondary N) is 2. The third-order valence-electron chi connectivity index (χ3n) is 2.85. The van der Waals surface area contributed by atoms with Gasteiger partial charge in [0.1, 0.15) is 11.3 Å². The number of hydrogen-bond donors (Lipinski definition) is 2. The number of anilines is 1. The van der Waals surface area contributed by atoms with Crippen molar-refractivity contribution >= 4 is 79.2 Å². The summed E-state index contributed by atoms with van der Waals surface area (Å²) in [5.41, 5.74) is 0.587. The molecule has 2 aromatic heterocycles. The molecule has 3 rings (SSSR count). The second-order valence-electron chi connectivity index (χ2n) is 4.52. The van der Waals surface area contributed by atoms with Gasteiger partial charge in [-0.05, 0) is 42.6 Å². The Labute approximate surface area is 156 Å². The van der Waals surface area contributed by atoms with Crippen molar-refractivity contribution in [1.82, 2.24) is 10.3 Å². The number of fused-ring (bicyclic) bond motifs is 1. The standard InChI is InChI=1S/C15H9Cl2N3O2S2/c16-9-4-5-10-13(12(9)17)19-15(24-10)20-14(23)18-11(21)6-3-8-2-1-7-22-8/h1-7H,(H2,18,19,20,21,23). The first-order valence-electron chi connectivity index (χ1n) is 6.61. The van der Waals surface area contributed by atoms with Gasteiger partial charge < -0.3 is 9.73 Å². The fourth-order valence-corrected chi connectivity index (χ4v) is 3.37. The van der Waals surface area contributed by atoms with Crippen molar-refractivity contribution in [3.8, 4) is 0 Å². The first kappa shape index (κ1) is 16.9. The number of amides is 1. The molecule has 0 unspecified atom stereocenters. The van der Waals surface area contributed by atoms with Gasteiger partial charge in [0.15, 0.2) is 10.2 Å². The number of furan rings is 1. The summed E-state index contributed by atoms with van der Waals surface area (Å²) in [6.45, 7) is 0. The number of benzene rings is 1. The van der Waals surface area contributed by atoms with E-state index >= 15 is 0 Å². The first-order valence-corrected chi connectivity index (χ1v) is 8.59. The zero-order valence-corrected chi connectivity index (χ0v) is 15.0. The van der Waals surface area contributed by atoms with E-state index in [0.717, 1.165) is 4.70 Å². The van der Waals surface area contributed by atoms with Crippen LogP contribution in [0.1, 0.15) is 5.76 Å². The average molecular weight is 398 g/mol. The maximum atomic E-state index is 11.8. The van der Waals surface area contributed by atoms with Crippen LogP contribution in [-0.2, 0) is 4.79 Å².